The summed E-state index contributed by atoms with van der Waals surface area (Å²) in [5.41, 5.74) is 0.534. The lowest BCUT2D eigenvalue weighted by Crippen LogP contribution is -2.24. The number of aryl methyl sites for hydroxylation is 1. The molecule has 0 fully saturated rings. The van der Waals surface area contributed by atoms with Crippen molar-refractivity contribution in [2.24, 2.45) is 0 Å². The second kappa shape index (κ2) is 5.11. The van der Waals surface area contributed by atoms with E-state index in [9.17, 15) is 14.9 Å². The molecule has 0 aliphatic rings. The predicted octanol–water partition coefficient (Wildman–Crippen LogP) is 1.03. The summed E-state index contributed by atoms with van der Waals surface area (Å²) >= 11 is 0. The lowest BCUT2D eigenvalue weighted by Gasteiger charge is -2.05. The summed E-state index contributed by atoms with van der Waals surface area (Å²) < 4.78 is 5.14. The molecular formula is C10H12N2O4. The van der Waals surface area contributed by atoms with Crippen LogP contribution in [0.25, 0.3) is 0 Å². The van der Waals surface area contributed by atoms with Gasteiger partial charge in [0, 0.05) is 18.7 Å². The maximum Gasteiger partial charge on any atom is 0.272 e. The van der Waals surface area contributed by atoms with Crippen molar-refractivity contribution in [3.8, 4) is 5.75 Å². The summed E-state index contributed by atoms with van der Waals surface area (Å²) in [6.45, 7) is 1.51. The van der Waals surface area contributed by atoms with Crippen LogP contribution in [0.3, 0.4) is 0 Å². The standard InChI is InChI=1S/C10H12N2O4/c1-7-5-8(16-6-10(13)11-2)3-4-9(7)12(14)15/h3-5H,6H2,1-2H3,(H,11,13). The predicted molar refractivity (Wildman–Crippen MR) is 57.4 cm³/mol. The molecule has 1 aromatic carbocycles. The van der Waals surface area contributed by atoms with E-state index in [0.29, 0.717) is 11.3 Å². The van der Waals surface area contributed by atoms with Crippen LogP contribution < -0.4 is 10.1 Å². The third-order valence-electron chi connectivity index (χ3n) is 2.01. The Labute approximate surface area is 92.4 Å². The number of carbonyl (C=O) groups excluding carboxylic acids is 1. The molecule has 0 radical (unpaired) electrons. The Morgan fingerprint density at radius 2 is 2.25 bits per heavy atom. The molecule has 0 aromatic heterocycles. The monoisotopic (exact) mass is 224 g/mol. The molecule has 0 aliphatic heterocycles. The molecule has 0 atom stereocenters. The Kier molecular flexibility index (Phi) is 3.82. The number of hydrogen-bond acceptors (Lipinski definition) is 4. The second-order valence-electron chi connectivity index (χ2n) is 3.17. The van der Waals surface area contributed by atoms with Gasteiger partial charge in [-0.25, -0.2) is 0 Å². The lowest BCUT2D eigenvalue weighted by atomic mass is 10.2. The first-order valence-corrected chi connectivity index (χ1v) is 4.63. The normalized spacial score (nSPS) is 9.62. The fourth-order valence-electron chi connectivity index (χ4n) is 1.14. The number of nitrogens with zero attached hydrogens (tertiary/aromatic N) is 1. The minimum atomic E-state index is -0.460. The van der Waals surface area contributed by atoms with Gasteiger partial charge in [-0.15, -0.1) is 0 Å². The van der Waals surface area contributed by atoms with Crippen LogP contribution >= 0.6 is 0 Å². The quantitative estimate of drug-likeness (QED) is 0.611. The number of rotatable bonds is 4. The van der Waals surface area contributed by atoms with Gasteiger partial charge in [-0.1, -0.05) is 0 Å². The summed E-state index contributed by atoms with van der Waals surface area (Å²) in [4.78, 5) is 21.0. The first-order chi connectivity index (χ1) is 7.54. The first kappa shape index (κ1) is 12.0. The molecular weight excluding hydrogens is 212 g/mol. The lowest BCUT2D eigenvalue weighted by molar-refractivity contribution is -0.385. The van der Waals surface area contributed by atoms with Crippen molar-refractivity contribution in [1.29, 1.82) is 0 Å². The largest absolute Gasteiger partial charge is 0.484 e. The van der Waals surface area contributed by atoms with Crippen LogP contribution in [0.15, 0.2) is 18.2 Å². The van der Waals surface area contributed by atoms with E-state index < -0.39 is 4.92 Å². The molecule has 0 saturated carbocycles. The van der Waals surface area contributed by atoms with Gasteiger partial charge in [-0.2, -0.15) is 0 Å². The van der Waals surface area contributed by atoms with Gasteiger partial charge in [0.15, 0.2) is 6.61 Å². The number of likely N-dealkylation sites (N-methyl/N-ethyl adjacent to an activating group) is 1. The molecule has 0 spiro atoms. The highest BCUT2D eigenvalue weighted by molar-refractivity contribution is 5.77. The Morgan fingerprint density at radius 1 is 1.56 bits per heavy atom. The van der Waals surface area contributed by atoms with Crippen molar-refractivity contribution in [3.63, 3.8) is 0 Å². The van der Waals surface area contributed by atoms with Gasteiger partial charge in [-0.05, 0) is 19.1 Å². The number of hydrogen-bond donors (Lipinski definition) is 1. The van der Waals surface area contributed by atoms with Gasteiger partial charge < -0.3 is 10.1 Å². The zero-order valence-corrected chi connectivity index (χ0v) is 9.02. The van der Waals surface area contributed by atoms with Crippen molar-refractivity contribution in [1.82, 2.24) is 5.32 Å². The van der Waals surface area contributed by atoms with E-state index in [1.165, 1.54) is 25.2 Å². The first-order valence-electron chi connectivity index (χ1n) is 4.63. The molecule has 16 heavy (non-hydrogen) atoms. The second-order valence-corrected chi connectivity index (χ2v) is 3.17. The minimum Gasteiger partial charge on any atom is -0.484 e. The highest BCUT2D eigenvalue weighted by Gasteiger charge is 2.10. The summed E-state index contributed by atoms with van der Waals surface area (Å²) in [6, 6.07) is 4.35. The highest BCUT2D eigenvalue weighted by atomic mass is 16.6. The maximum atomic E-state index is 10.9. The maximum absolute atomic E-state index is 10.9. The van der Waals surface area contributed by atoms with Crippen LogP contribution in [-0.2, 0) is 4.79 Å². The average molecular weight is 224 g/mol. The van der Waals surface area contributed by atoms with Gasteiger partial charge in [-0.3, -0.25) is 14.9 Å². The topological polar surface area (TPSA) is 81.5 Å². The number of amides is 1. The number of nitrogens with one attached hydrogen (secondary N) is 1. The van der Waals surface area contributed by atoms with Crippen LogP contribution in [0.2, 0.25) is 0 Å². The fraction of sp³-hybridized carbons (Fsp3) is 0.300. The number of ether oxygens (including phenoxy) is 1. The zero-order valence-electron chi connectivity index (χ0n) is 9.02. The molecule has 1 rings (SSSR count). The Hall–Kier alpha value is -2.11. The van der Waals surface area contributed by atoms with Crippen LogP contribution in [-0.4, -0.2) is 24.5 Å². The molecule has 0 bridgehead atoms. The van der Waals surface area contributed by atoms with Crippen LogP contribution in [0.4, 0.5) is 5.69 Å². The van der Waals surface area contributed by atoms with E-state index in [0.717, 1.165) is 0 Å². The summed E-state index contributed by atoms with van der Waals surface area (Å²) in [6.07, 6.45) is 0. The molecule has 1 N–H and O–H groups in total. The summed E-state index contributed by atoms with van der Waals surface area (Å²) in [5, 5.41) is 13.0. The Bertz CT molecular complexity index is 417. The molecule has 1 amide bonds. The van der Waals surface area contributed by atoms with Crippen molar-refractivity contribution in [3.05, 3.63) is 33.9 Å². The number of benzene rings is 1. The smallest absolute Gasteiger partial charge is 0.272 e. The fourth-order valence-corrected chi connectivity index (χ4v) is 1.14. The zero-order chi connectivity index (χ0) is 12.1. The molecule has 86 valence electrons. The van der Waals surface area contributed by atoms with Crippen molar-refractivity contribution in [2.45, 2.75) is 6.92 Å². The van der Waals surface area contributed by atoms with Crippen LogP contribution in [0, 0.1) is 17.0 Å². The number of nitro groups is 1. The van der Waals surface area contributed by atoms with Crippen molar-refractivity contribution < 1.29 is 14.5 Å². The highest BCUT2D eigenvalue weighted by Crippen LogP contribution is 2.22. The Morgan fingerprint density at radius 3 is 2.75 bits per heavy atom. The molecule has 6 heteroatoms. The number of nitro benzene ring substituents is 1. The van der Waals surface area contributed by atoms with E-state index in [4.69, 9.17) is 4.74 Å². The molecule has 0 aliphatic carbocycles. The van der Waals surface area contributed by atoms with E-state index in [1.54, 1.807) is 6.92 Å². The third-order valence-corrected chi connectivity index (χ3v) is 2.01. The van der Waals surface area contributed by atoms with Gasteiger partial charge in [0.25, 0.3) is 11.6 Å². The third kappa shape index (κ3) is 2.94. The van der Waals surface area contributed by atoms with E-state index in [-0.39, 0.29) is 18.2 Å². The van der Waals surface area contributed by atoms with E-state index >= 15 is 0 Å². The van der Waals surface area contributed by atoms with Crippen molar-refractivity contribution >= 4 is 11.6 Å². The average Bonchev–Trinajstić information content (AvgIpc) is 2.25. The molecule has 0 saturated heterocycles. The SMILES string of the molecule is CNC(=O)COc1ccc([N+](=O)[O-])c(C)c1. The van der Waals surface area contributed by atoms with Gasteiger partial charge in [0.1, 0.15) is 5.75 Å². The molecule has 0 heterocycles. The van der Waals surface area contributed by atoms with Gasteiger partial charge in [0.05, 0.1) is 4.92 Å². The molecule has 6 nitrogen and oxygen atoms in total. The minimum absolute atomic E-state index is 0.0345. The van der Waals surface area contributed by atoms with Crippen LogP contribution in [0.5, 0.6) is 5.75 Å². The van der Waals surface area contributed by atoms with Gasteiger partial charge >= 0.3 is 0 Å². The van der Waals surface area contributed by atoms with E-state index in [2.05, 4.69) is 5.32 Å². The van der Waals surface area contributed by atoms with Gasteiger partial charge in [0.2, 0.25) is 0 Å². The summed E-state index contributed by atoms with van der Waals surface area (Å²) in [5.74, 6) is 0.183. The Balaban J connectivity index is 2.74. The summed E-state index contributed by atoms with van der Waals surface area (Å²) in [7, 11) is 1.51. The molecule has 0 unspecified atom stereocenters. The van der Waals surface area contributed by atoms with Crippen LogP contribution in [0.1, 0.15) is 5.56 Å². The number of carbonyl (C=O) groups is 1. The van der Waals surface area contributed by atoms with Crippen molar-refractivity contribution in [2.75, 3.05) is 13.7 Å². The van der Waals surface area contributed by atoms with E-state index in [1.807, 2.05) is 0 Å². The molecule has 1 aromatic rings.